The van der Waals surface area contributed by atoms with Gasteiger partial charge >= 0.3 is 0 Å². The van der Waals surface area contributed by atoms with Crippen LogP contribution in [0, 0.1) is 11.8 Å². The lowest BCUT2D eigenvalue weighted by Crippen LogP contribution is -2.07. The summed E-state index contributed by atoms with van der Waals surface area (Å²) >= 11 is 0. The molecule has 46 valence electrons. The highest BCUT2D eigenvalue weighted by molar-refractivity contribution is 5.84. The fourth-order valence-electron chi connectivity index (χ4n) is 1.27. The van der Waals surface area contributed by atoms with Crippen molar-refractivity contribution in [2.24, 2.45) is 11.8 Å². The summed E-state index contributed by atoms with van der Waals surface area (Å²) in [4.78, 5) is 10.9. The molecule has 0 N–H and O–H groups in total. The minimum atomic E-state index is 0.352. The Morgan fingerprint density at radius 1 is 1.25 bits per heavy atom. The summed E-state index contributed by atoms with van der Waals surface area (Å²) in [5.74, 6) is 1.17. The first-order chi connectivity index (χ1) is 3.72. The van der Waals surface area contributed by atoms with E-state index >= 15 is 0 Å². The maximum Gasteiger partial charge on any atom is 0.138 e. The van der Waals surface area contributed by atoms with E-state index in [-0.39, 0.29) is 0 Å². The Hall–Kier alpha value is -0.330. The third-order valence-corrected chi connectivity index (χ3v) is 2.00. The van der Waals surface area contributed by atoms with Gasteiger partial charge in [-0.05, 0) is 12.8 Å². The number of hydrogen-bond donors (Lipinski definition) is 0. The van der Waals surface area contributed by atoms with Gasteiger partial charge in [-0.25, -0.2) is 0 Å². The summed E-state index contributed by atoms with van der Waals surface area (Å²) in [7, 11) is 0. The second-order valence-corrected chi connectivity index (χ2v) is 2.78. The Morgan fingerprint density at radius 3 is 1.75 bits per heavy atom. The maximum atomic E-state index is 10.9. The standard InChI is InChI=1S/C7H12O/c1-5-3-4-6(2)7(5)8/h5-6H,3-4H2,1-2H3/t5-,6-/m0/s1. The van der Waals surface area contributed by atoms with E-state index in [0.29, 0.717) is 17.6 Å². The summed E-state index contributed by atoms with van der Waals surface area (Å²) in [5, 5.41) is 0. The van der Waals surface area contributed by atoms with Crippen LogP contribution in [0.25, 0.3) is 0 Å². The maximum absolute atomic E-state index is 10.9. The van der Waals surface area contributed by atoms with Crippen molar-refractivity contribution < 1.29 is 4.79 Å². The molecule has 0 saturated heterocycles. The summed E-state index contributed by atoms with van der Waals surface area (Å²) in [5.41, 5.74) is 0. The number of rotatable bonds is 0. The van der Waals surface area contributed by atoms with Crippen molar-refractivity contribution in [1.82, 2.24) is 0 Å². The molecule has 0 unspecified atom stereocenters. The summed E-state index contributed by atoms with van der Waals surface area (Å²) in [6, 6.07) is 0. The fourth-order valence-corrected chi connectivity index (χ4v) is 1.27. The molecule has 0 aliphatic heterocycles. The van der Waals surface area contributed by atoms with Crippen LogP contribution < -0.4 is 0 Å². The van der Waals surface area contributed by atoms with E-state index in [2.05, 4.69) is 0 Å². The number of carbonyl (C=O) groups is 1. The highest BCUT2D eigenvalue weighted by atomic mass is 16.1. The largest absolute Gasteiger partial charge is 0.299 e. The van der Waals surface area contributed by atoms with Crippen LogP contribution in [-0.2, 0) is 4.79 Å². The van der Waals surface area contributed by atoms with Crippen LogP contribution in [0.1, 0.15) is 26.7 Å². The number of hydrogen-bond acceptors (Lipinski definition) is 1. The molecule has 1 aliphatic rings. The first-order valence-corrected chi connectivity index (χ1v) is 3.25. The van der Waals surface area contributed by atoms with Gasteiger partial charge in [0.05, 0.1) is 0 Å². The van der Waals surface area contributed by atoms with Crippen LogP contribution in [0.5, 0.6) is 0 Å². The van der Waals surface area contributed by atoms with Gasteiger partial charge in [-0.1, -0.05) is 13.8 Å². The average molecular weight is 112 g/mol. The molecule has 1 saturated carbocycles. The molecule has 8 heavy (non-hydrogen) atoms. The second kappa shape index (κ2) is 1.88. The molecule has 0 amide bonds. The van der Waals surface area contributed by atoms with Crippen molar-refractivity contribution in [3.63, 3.8) is 0 Å². The normalized spacial score (nSPS) is 38.5. The predicted molar refractivity (Wildman–Crippen MR) is 32.6 cm³/mol. The molecule has 0 spiro atoms. The molecule has 0 aromatic heterocycles. The van der Waals surface area contributed by atoms with E-state index in [9.17, 15) is 4.79 Å². The Bertz CT molecular complexity index is 95.0. The quantitative estimate of drug-likeness (QED) is 0.465. The molecule has 1 rings (SSSR count). The zero-order chi connectivity index (χ0) is 6.15. The third kappa shape index (κ3) is 0.770. The topological polar surface area (TPSA) is 17.1 Å². The molecule has 0 aromatic rings. The monoisotopic (exact) mass is 112 g/mol. The smallest absolute Gasteiger partial charge is 0.138 e. The molecule has 1 aliphatic carbocycles. The lowest BCUT2D eigenvalue weighted by molar-refractivity contribution is -0.122. The van der Waals surface area contributed by atoms with Gasteiger partial charge in [0, 0.05) is 11.8 Å². The van der Waals surface area contributed by atoms with E-state index < -0.39 is 0 Å². The van der Waals surface area contributed by atoms with E-state index in [4.69, 9.17) is 0 Å². The van der Waals surface area contributed by atoms with Gasteiger partial charge in [-0.2, -0.15) is 0 Å². The van der Waals surface area contributed by atoms with Crippen LogP contribution >= 0.6 is 0 Å². The first-order valence-electron chi connectivity index (χ1n) is 3.25. The van der Waals surface area contributed by atoms with Gasteiger partial charge in [-0.3, -0.25) is 4.79 Å². The number of Topliss-reactive ketones (excluding diaryl/α,β-unsaturated/α-hetero) is 1. The van der Waals surface area contributed by atoms with Crippen LogP contribution in [0.3, 0.4) is 0 Å². The van der Waals surface area contributed by atoms with Gasteiger partial charge < -0.3 is 0 Å². The zero-order valence-electron chi connectivity index (χ0n) is 5.48. The summed E-state index contributed by atoms with van der Waals surface area (Å²) in [6.45, 7) is 4.04. The van der Waals surface area contributed by atoms with Crippen molar-refractivity contribution in [3.05, 3.63) is 0 Å². The van der Waals surface area contributed by atoms with E-state index in [0.717, 1.165) is 12.8 Å². The molecular weight excluding hydrogens is 100 g/mol. The average Bonchev–Trinajstić information content (AvgIpc) is 1.98. The Kier molecular flexibility index (Phi) is 1.37. The van der Waals surface area contributed by atoms with Crippen molar-refractivity contribution >= 4 is 5.78 Å². The fraction of sp³-hybridized carbons (Fsp3) is 0.857. The molecule has 0 heterocycles. The van der Waals surface area contributed by atoms with Crippen LogP contribution in [-0.4, -0.2) is 5.78 Å². The van der Waals surface area contributed by atoms with E-state index in [1.54, 1.807) is 0 Å². The van der Waals surface area contributed by atoms with Crippen molar-refractivity contribution in [2.45, 2.75) is 26.7 Å². The van der Waals surface area contributed by atoms with Crippen LogP contribution in [0.15, 0.2) is 0 Å². The Morgan fingerprint density at radius 2 is 1.62 bits per heavy atom. The molecular formula is C7H12O. The lowest BCUT2D eigenvalue weighted by Gasteiger charge is -1.96. The summed E-state index contributed by atoms with van der Waals surface area (Å²) in [6.07, 6.45) is 2.22. The van der Waals surface area contributed by atoms with E-state index in [1.807, 2.05) is 13.8 Å². The Labute approximate surface area is 50.1 Å². The van der Waals surface area contributed by atoms with Gasteiger partial charge in [0.2, 0.25) is 0 Å². The van der Waals surface area contributed by atoms with Gasteiger partial charge in [0.1, 0.15) is 5.78 Å². The molecule has 1 nitrogen and oxygen atoms in total. The molecule has 2 atom stereocenters. The van der Waals surface area contributed by atoms with Crippen LogP contribution in [0.4, 0.5) is 0 Å². The van der Waals surface area contributed by atoms with Crippen LogP contribution in [0.2, 0.25) is 0 Å². The number of ketones is 1. The summed E-state index contributed by atoms with van der Waals surface area (Å²) < 4.78 is 0. The second-order valence-electron chi connectivity index (χ2n) is 2.78. The molecule has 1 fully saturated rings. The van der Waals surface area contributed by atoms with Gasteiger partial charge in [-0.15, -0.1) is 0 Å². The zero-order valence-corrected chi connectivity index (χ0v) is 5.48. The van der Waals surface area contributed by atoms with Crippen molar-refractivity contribution in [2.75, 3.05) is 0 Å². The molecule has 0 radical (unpaired) electrons. The third-order valence-electron chi connectivity index (χ3n) is 2.00. The number of carbonyl (C=O) groups excluding carboxylic acids is 1. The van der Waals surface area contributed by atoms with E-state index in [1.165, 1.54) is 0 Å². The highest BCUT2D eigenvalue weighted by Crippen LogP contribution is 2.25. The molecule has 0 bridgehead atoms. The highest BCUT2D eigenvalue weighted by Gasteiger charge is 2.26. The Balaban J connectivity index is 2.57. The SMILES string of the molecule is C[C@H]1CC[C@H](C)C1=O. The van der Waals surface area contributed by atoms with Crippen molar-refractivity contribution in [3.8, 4) is 0 Å². The minimum absolute atomic E-state index is 0.352. The van der Waals surface area contributed by atoms with Crippen molar-refractivity contribution in [1.29, 1.82) is 0 Å². The molecule has 1 heteroatoms. The first kappa shape index (κ1) is 5.80. The van der Waals surface area contributed by atoms with Gasteiger partial charge in [0.25, 0.3) is 0 Å². The minimum Gasteiger partial charge on any atom is -0.299 e. The lowest BCUT2D eigenvalue weighted by atomic mass is 10.1. The molecule has 0 aromatic carbocycles. The van der Waals surface area contributed by atoms with Gasteiger partial charge in [0.15, 0.2) is 0 Å². The predicted octanol–water partition coefficient (Wildman–Crippen LogP) is 1.62.